The zero-order valence-corrected chi connectivity index (χ0v) is 15.5. The Morgan fingerprint density at radius 2 is 2.12 bits per heavy atom. The standard InChI is InChI=1S/C19H21ClN4S/c20-16-3-1-14(2-4-16)18(12-21-11-17-5-8-22-23-17)24-9-6-19-15(13-24)7-10-25-19/h1-5,7-8,10,18,21H,6,9,11-13H2,(H,22,23). The zero-order valence-electron chi connectivity index (χ0n) is 13.9. The van der Waals surface area contributed by atoms with E-state index in [1.165, 1.54) is 16.0 Å². The van der Waals surface area contributed by atoms with Gasteiger partial charge in [0.05, 0.1) is 0 Å². The molecule has 130 valence electrons. The second-order valence-corrected chi connectivity index (χ2v) is 7.81. The number of hydrogen-bond donors (Lipinski definition) is 2. The van der Waals surface area contributed by atoms with E-state index < -0.39 is 0 Å². The summed E-state index contributed by atoms with van der Waals surface area (Å²) in [5, 5.41) is 13.6. The monoisotopic (exact) mass is 372 g/mol. The number of H-pyrrole nitrogens is 1. The van der Waals surface area contributed by atoms with Crippen molar-refractivity contribution >= 4 is 22.9 Å². The molecule has 1 aromatic carbocycles. The molecule has 0 bridgehead atoms. The van der Waals surface area contributed by atoms with Crippen molar-refractivity contribution in [1.29, 1.82) is 0 Å². The lowest BCUT2D eigenvalue weighted by molar-refractivity contribution is 0.176. The van der Waals surface area contributed by atoms with Gasteiger partial charge in [0.15, 0.2) is 0 Å². The molecule has 0 spiro atoms. The lowest BCUT2D eigenvalue weighted by atomic mass is 10.0. The molecule has 2 aromatic heterocycles. The molecule has 0 fully saturated rings. The van der Waals surface area contributed by atoms with Gasteiger partial charge in [0.25, 0.3) is 0 Å². The van der Waals surface area contributed by atoms with E-state index in [1.54, 1.807) is 6.20 Å². The van der Waals surface area contributed by atoms with Gasteiger partial charge in [-0.05, 0) is 47.2 Å². The molecule has 25 heavy (non-hydrogen) atoms. The van der Waals surface area contributed by atoms with Crippen molar-refractivity contribution in [1.82, 2.24) is 20.4 Å². The Hall–Kier alpha value is -1.66. The molecule has 1 unspecified atom stereocenters. The highest BCUT2D eigenvalue weighted by Crippen LogP contribution is 2.30. The fourth-order valence-electron chi connectivity index (χ4n) is 3.41. The summed E-state index contributed by atoms with van der Waals surface area (Å²) >= 11 is 7.97. The van der Waals surface area contributed by atoms with E-state index in [1.807, 2.05) is 29.5 Å². The molecule has 0 aliphatic carbocycles. The van der Waals surface area contributed by atoms with Crippen LogP contribution >= 0.6 is 22.9 Å². The Bertz CT molecular complexity index is 797. The molecule has 0 saturated carbocycles. The van der Waals surface area contributed by atoms with Crippen molar-refractivity contribution < 1.29 is 0 Å². The first-order valence-corrected chi connectivity index (χ1v) is 9.79. The van der Waals surface area contributed by atoms with Crippen LogP contribution in [-0.4, -0.2) is 28.2 Å². The highest BCUT2D eigenvalue weighted by Gasteiger charge is 2.25. The van der Waals surface area contributed by atoms with Crippen molar-refractivity contribution in [3.05, 3.63) is 74.7 Å². The van der Waals surface area contributed by atoms with Crippen molar-refractivity contribution in [3.63, 3.8) is 0 Å². The van der Waals surface area contributed by atoms with Crippen LogP contribution in [0.25, 0.3) is 0 Å². The highest BCUT2D eigenvalue weighted by atomic mass is 35.5. The second kappa shape index (κ2) is 7.70. The minimum absolute atomic E-state index is 0.327. The van der Waals surface area contributed by atoms with Crippen molar-refractivity contribution in [2.45, 2.75) is 25.6 Å². The number of nitrogens with zero attached hydrogens (tertiary/aromatic N) is 2. The maximum absolute atomic E-state index is 6.09. The summed E-state index contributed by atoms with van der Waals surface area (Å²) in [6.45, 7) is 3.78. The van der Waals surface area contributed by atoms with Crippen LogP contribution in [0.2, 0.25) is 5.02 Å². The number of benzene rings is 1. The third-order valence-corrected chi connectivity index (χ3v) is 6.02. The number of fused-ring (bicyclic) bond motifs is 1. The Balaban J connectivity index is 1.50. The van der Waals surface area contributed by atoms with E-state index in [2.05, 4.69) is 44.0 Å². The maximum Gasteiger partial charge on any atom is 0.0490 e. The van der Waals surface area contributed by atoms with Gasteiger partial charge in [-0.2, -0.15) is 5.10 Å². The minimum Gasteiger partial charge on any atom is -0.309 e. The molecule has 0 radical (unpaired) electrons. The topological polar surface area (TPSA) is 44.0 Å². The number of thiophene rings is 1. The Labute approximate surface area is 156 Å². The summed E-state index contributed by atoms with van der Waals surface area (Å²) in [5.74, 6) is 0. The normalized spacial score (nSPS) is 15.9. The zero-order chi connectivity index (χ0) is 17.1. The number of aromatic amines is 1. The molecular formula is C19H21ClN4S. The van der Waals surface area contributed by atoms with Crippen LogP contribution in [-0.2, 0) is 19.5 Å². The van der Waals surface area contributed by atoms with Crippen LogP contribution in [0.1, 0.15) is 27.7 Å². The van der Waals surface area contributed by atoms with Gasteiger partial charge in [-0.25, -0.2) is 0 Å². The van der Waals surface area contributed by atoms with Crippen LogP contribution in [0.15, 0.2) is 48.0 Å². The van der Waals surface area contributed by atoms with Crippen molar-refractivity contribution in [2.24, 2.45) is 0 Å². The molecule has 6 heteroatoms. The van der Waals surface area contributed by atoms with Crippen LogP contribution in [0.4, 0.5) is 0 Å². The van der Waals surface area contributed by atoms with E-state index in [0.29, 0.717) is 6.04 Å². The van der Waals surface area contributed by atoms with Gasteiger partial charge in [-0.1, -0.05) is 23.7 Å². The first-order chi connectivity index (χ1) is 12.3. The smallest absolute Gasteiger partial charge is 0.0490 e. The van der Waals surface area contributed by atoms with Crippen LogP contribution < -0.4 is 5.32 Å². The lowest BCUT2D eigenvalue weighted by Gasteiger charge is -2.35. The summed E-state index contributed by atoms with van der Waals surface area (Å²) in [4.78, 5) is 4.11. The number of nitrogens with one attached hydrogen (secondary N) is 2. The van der Waals surface area contributed by atoms with Gasteiger partial charge in [-0.15, -0.1) is 11.3 Å². The van der Waals surface area contributed by atoms with Crippen molar-refractivity contribution in [3.8, 4) is 0 Å². The summed E-state index contributed by atoms with van der Waals surface area (Å²) in [7, 11) is 0. The van der Waals surface area contributed by atoms with E-state index >= 15 is 0 Å². The van der Waals surface area contributed by atoms with Gasteiger partial charge in [0, 0.05) is 54.0 Å². The Morgan fingerprint density at radius 3 is 2.92 bits per heavy atom. The minimum atomic E-state index is 0.327. The molecule has 3 heterocycles. The molecule has 0 amide bonds. The van der Waals surface area contributed by atoms with Gasteiger partial charge in [-0.3, -0.25) is 10.00 Å². The number of hydrogen-bond acceptors (Lipinski definition) is 4. The van der Waals surface area contributed by atoms with Crippen LogP contribution in [0.3, 0.4) is 0 Å². The fraction of sp³-hybridized carbons (Fsp3) is 0.316. The molecular weight excluding hydrogens is 352 g/mol. The van der Waals surface area contributed by atoms with Crippen LogP contribution in [0.5, 0.6) is 0 Å². The largest absolute Gasteiger partial charge is 0.309 e. The highest BCUT2D eigenvalue weighted by molar-refractivity contribution is 7.10. The van der Waals surface area contributed by atoms with E-state index in [4.69, 9.17) is 11.6 Å². The second-order valence-electron chi connectivity index (χ2n) is 6.37. The van der Waals surface area contributed by atoms with Gasteiger partial charge >= 0.3 is 0 Å². The average Bonchev–Trinajstić information content (AvgIpc) is 3.31. The molecule has 1 atom stereocenters. The summed E-state index contributed by atoms with van der Waals surface area (Å²) in [6.07, 6.45) is 2.92. The fourth-order valence-corrected chi connectivity index (χ4v) is 4.42. The SMILES string of the molecule is Clc1ccc(C(CNCc2ccn[nH]2)N2CCc3sccc3C2)cc1. The van der Waals surface area contributed by atoms with E-state index in [0.717, 1.165) is 43.3 Å². The molecule has 1 aliphatic heterocycles. The third kappa shape index (κ3) is 3.96. The molecule has 4 rings (SSSR count). The third-order valence-electron chi connectivity index (χ3n) is 4.74. The predicted octanol–water partition coefficient (Wildman–Crippen LogP) is 4.01. The molecule has 4 nitrogen and oxygen atoms in total. The maximum atomic E-state index is 6.09. The Kier molecular flexibility index (Phi) is 5.17. The van der Waals surface area contributed by atoms with E-state index in [-0.39, 0.29) is 0 Å². The first-order valence-electron chi connectivity index (χ1n) is 8.53. The Morgan fingerprint density at radius 1 is 1.24 bits per heavy atom. The number of rotatable bonds is 6. The summed E-state index contributed by atoms with van der Waals surface area (Å²) < 4.78 is 0. The van der Waals surface area contributed by atoms with Crippen LogP contribution in [0, 0.1) is 0 Å². The molecule has 1 aliphatic rings. The van der Waals surface area contributed by atoms with Gasteiger partial charge < -0.3 is 5.32 Å². The lowest BCUT2D eigenvalue weighted by Crippen LogP contribution is -2.38. The summed E-state index contributed by atoms with van der Waals surface area (Å²) in [5.41, 5.74) is 3.89. The predicted molar refractivity (Wildman–Crippen MR) is 103 cm³/mol. The van der Waals surface area contributed by atoms with Gasteiger partial charge in [0.2, 0.25) is 0 Å². The van der Waals surface area contributed by atoms with Gasteiger partial charge in [0.1, 0.15) is 0 Å². The number of aromatic nitrogens is 2. The molecule has 2 N–H and O–H groups in total. The average molecular weight is 373 g/mol. The van der Waals surface area contributed by atoms with Crippen molar-refractivity contribution in [2.75, 3.05) is 13.1 Å². The summed E-state index contributed by atoms with van der Waals surface area (Å²) in [6, 6.07) is 12.9. The van der Waals surface area contributed by atoms with E-state index in [9.17, 15) is 0 Å². The quantitative estimate of drug-likeness (QED) is 0.687. The molecule has 0 saturated heterocycles. The first kappa shape index (κ1) is 16.8. The number of halogens is 1. The molecule has 3 aromatic rings.